The lowest BCUT2D eigenvalue weighted by Gasteiger charge is -2.39. The topological polar surface area (TPSA) is 77.1 Å². The van der Waals surface area contributed by atoms with Crippen LogP contribution in [0.25, 0.3) is 0 Å². The van der Waals surface area contributed by atoms with E-state index in [0.717, 1.165) is 23.1 Å². The maximum absolute atomic E-state index is 13.5. The Morgan fingerprint density at radius 2 is 1.75 bits per heavy atom. The summed E-state index contributed by atoms with van der Waals surface area (Å²) in [6.07, 6.45) is 1.40. The molecule has 0 fully saturated rings. The van der Waals surface area contributed by atoms with E-state index in [9.17, 15) is 9.59 Å². The Hall–Kier alpha value is -3.22. The van der Waals surface area contributed by atoms with Crippen LogP contribution in [0.4, 0.5) is 4.79 Å². The van der Waals surface area contributed by atoms with Crippen molar-refractivity contribution >= 4 is 12.0 Å². The van der Waals surface area contributed by atoms with Gasteiger partial charge in [-0.3, -0.25) is 0 Å². The molecule has 1 N–H and O–H groups in total. The molecule has 172 valence electrons. The predicted octanol–water partition coefficient (Wildman–Crippen LogP) is 3.95. The summed E-state index contributed by atoms with van der Waals surface area (Å²) in [5, 5.41) is 2.93. The van der Waals surface area contributed by atoms with Gasteiger partial charge in [0.15, 0.2) is 11.5 Å². The number of ether oxygens (including phenoxy) is 3. The first-order valence-corrected chi connectivity index (χ1v) is 10.9. The fraction of sp³-hybridized carbons (Fsp3) is 0.440. The molecule has 0 bridgehead atoms. The van der Waals surface area contributed by atoms with Gasteiger partial charge in [0.25, 0.3) is 0 Å². The molecule has 3 rings (SSSR count). The van der Waals surface area contributed by atoms with Crippen LogP contribution in [0.1, 0.15) is 43.0 Å². The highest BCUT2D eigenvalue weighted by Gasteiger charge is 2.36. The van der Waals surface area contributed by atoms with Crippen molar-refractivity contribution in [3.8, 4) is 11.5 Å². The number of nitrogens with zero attached hydrogens (tertiary/aromatic N) is 1. The minimum absolute atomic E-state index is 0.0528. The Morgan fingerprint density at radius 3 is 2.34 bits per heavy atom. The summed E-state index contributed by atoms with van der Waals surface area (Å²) in [6, 6.07) is 12.5. The van der Waals surface area contributed by atoms with Crippen molar-refractivity contribution in [2.24, 2.45) is 5.92 Å². The Morgan fingerprint density at radius 1 is 1.09 bits per heavy atom. The van der Waals surface area contributed by atoms with Gasteiger partial charge in [-0.05, 0) is 41.2 Å². The number of esters is 1. The lowest BCUT2D eigenvalue weighted by molar-refractivity contribution is -0.144. The van der Waals surface area contributed by atoms with Gasteiger partial charge < -0.3 is 24.4 Å². The monoisotopic (exact) mass is 440 g/mol. The summed E-state index contributed by atoms with van der Waals surface area (Å²) in [6.45, 7) is 4.41. The lowest BCUT2D eigenvalue weighted by Crippen LogP contribution is -2.53. The van der Waals surface area contributed by atoms with E-state index in [0.29, 0.717) is 24.5 Å². The number of fused-ring (bicyclic) bond motifs is 1. The van der Waals surface area contributed by atoms with Gasteiger partial charge in [0, 0.05) is 6.54 Å². The van der Waals surface area contributed by atoms with Gasteiger partial charge >= 0.3 is 12.0 Å². The molecule has 32 heavy (non-hydrogen) atoms. The SMILES string of the molecule is CC[C@@H](C)[C@H](NC(=O)N1CCc2cc(OC)c(OC)cc2[C@@H]1c1ccccc1)C(=O)OC. The minimum Gasteiger partial charge on any atom is -0.493 e. The summed E-state index contributed by atoms with van der Waals surface area (Å²) < 4.78 is 16.0. The number of amides is 2. The van der Waals surface area contributed by atoms with E-state index in [4.69, 9.17) is 14.2 Å². The molecule has 0 aliphatic carbocycles. The standard InChI is InChI=1S/C25H32N2O5/c1-6-16(2)22(24(28)32-5)26-25(29)27-13-12-18-14-20(30-3)21(31-4)15-19(18)23(27)17-10-8-7-9-11-17/h7-11,14-16,22-23H,6,12-13H2,1-5H3,(H,26,29)/t16-,22+,23+/m1/s1. The molecule has 0 spiro atoms. The Balaban J connectivity index is 2.02. The van der Waals surface area contributed by atoms with Gasteiger partial charge in [0.1, 0.15) is 6.04 Å². The quantitative estimate of drug-likeness (QED) is 0.660. The molecule has 0 aromatic heterocycles. The molecule has 7 nitrogen and oxygen atoms in total. The van der Waals surface area contributed by atoms with E-state index < -0.39 is 12.0 Å². The summed E-state index contributed by atoms with van der Waals surface area (Å²) in [7, 11) is 4.55. The largest absolute Gasteiger partial charge is 0.493 e. The third kappa shape index (κ3) is 4.66. The van der Waals surface area contributed by atoms with Crippen molar-refractivity contribution in [3.05, 3.63) is 59.2 Å². The second-order valence-electron chi connectivity index (χ2n) is 8.00. The van der Waals surface area contributed by atoms with Crippen LogP contribution in [0.2, 0.25) is 0 Å². The molecular weight excluding hydrogens is 408 g/mol. The van der Waals surface area contributed by atoms with E-state index in [1.807, 2.05) is 56.3 Å². The number of methoxy groups -OCH3 is 3. The van der Waals surface area contributed by atoms with E-state index >= 15 is 0 Å². The van der Waals surface area contributed by atoms with Gasteiger partial charge in [-0.1, -0.05) is 50.6 Å². The molecule has 1 heterocycles. The van der Waals surface area contributed by atoms with E-state index in [2.05, 4.69) is 5.32 Å². The molecule has 0 saturated carbocycles. The van der Waals surface area contributed by atoms with Crippen LogP contribution in [0, 0.1) is 5.92 Å². The van der Waals surface area contributed by atoms with Crippen molar-refractivity contribution < 1.29 is 23.8 Å². The van der Waals surface area contributed by atoms with Gasteiger partial charge in [-0.15, -0.1) is 0 Å². The van der Waals surface area contributed by atoms with E-state index in [-0.39, 0.29) is 18.0 Å². The van der Waals surface area contributed by atoms with Crippen LogP contribution in [-0.2, 0) is 16.0 Å². The van der Waals surface area contributed by atoms with Crippen molar-refractivity contribution in [3.63, 3.8) is 0 Å². The second kappa shape index (κ2) is 10.4. The number of carbonyl (C=O) groups excluding carboxylic acids is 2. The van der Waals surface area contributed by atoms with Crippen LogP contribution < -0.4 is 14.8 Å². The molecule has 0 unspecified atom stereocenters. The zero-order valence-electron chi connectivity index (χ0n) is 19.4. The average Bonchev–Trinajstić information content (AvgIpc) is 2.84. The lowest BCUT2D eigenvalue weighted by atomic mass is 9.87. The van der Waals surface area contributed by atoms with Gasteiger partial charge in [0.05, 0.1) is 27.4 Å². The third-order valence-electron chi connectivity index (χ3n) is 6.20. The number of hydrogen-bond donors (Lipinski definition) is 1. The Bertz CT molecular complexity index is 947. The van der Waals surface area contributed by atoms with Gasteiger partial charge in [-0.25, -0.2) is 9.59 Å². The molecule has 0 radical (unpaired) electrons. The molecule has 2 aromatic carbocycles. The molecular formula is C25H32N2O5. The minimum atomic E-state index is -0.708. The first-order valence-electron chi connectivity index (χ1n) is 10.9. The smallest absolute Gasteiger partial charge is 0.328 e. The summed E-state index contributed by atoms with van der Waals surface area (Å²) in [5.74, 6) is 0.788. The zero-order valence-corrected chi connectivity index (χ0v) is 19.4. The molecule has 3 atom stereocenters. The van der Waals surface area contributed by atoms with Crippen LogP contribution in [-0.4, -0.2) is 50.8 Å². The number of urea groups is 1. The van der Waals surface area contributed by atoms with Crippen LogP contribution in [0.5, 0.6) is 11.5 Å². The van der Waals surface area contributed by atoms with Crippen molar-refractivity contribution in [1.29, 1.82) is 0 Å². The van der Waals surface area contributed by atoms with Crippen molar-refractivity contribution in [1.82, 2.24) is 10.2 Å². The molecule has 2 aromatic rings. The molecule has 2 amide bonds. The number of benzene rings is 2. The summed E-state index contributed by atoms with van der Waals surface area (Å²) >= 11 is 0. The Kier molecular flexibility index (Phi) is 7.62. The molecule has 1 aliphatic rings. The van der Waals surface area contributed by atoms with Crippen LogP contribution >= 0.6 is 0 Å². The fourth-order valence-electron chi connectivity index (χ4n) is 4.17. The first-order chi connectivity index (χ1) is 15.4. The maximum atomic E-state index is 13.5. The highest BCUT2D eigenvalue weighted by molar-refractivity contribution is 5.84. The third-order valence-corrected chi connectivity index (χ3v) is 6.20. The zero-order chi connectivity index (χ0) is 23.3. The predicted molar refractivity (Wildman–Crippen MR) is 122 cm³/mol. The van der Waals surface area contributed by atoms with Crippen LogP contribution in [0.3, 0.4) is 0 Å². The van der Waals surface area contributed by atoms with Gasteiger partial charge in [-0.2, -0.15) is 0 Å². The number of rotatable bonds is 7. The number of hydrogen-bond acceptors (Lipinski definition) is 5. The highest BCUT2D eigenvalue weighted by atomic mass is 16.5. The van der Waals surface area contributed by atoms with Crippen LogP contribution in [0.15, 0.2) is 42.5 Å². The number of carbonyl (C=O) groups is 2. The highest BCUT2D eigenvalue weighted by Crippen LogP contribution is 2.41. The molecule has 0 saturated heterocycles. The summed E-state index contributed by atoms with van der Waals surface area (Å²) in [4.78, 5) is 27.6. The average molecular weight is 441 g/mol. The fourth-order valence-corrected chi connectivity index (χ4v) is 4.17. The van der Waals surface area contributed by atoms with Crippen molar-refractivity contribution in [2.45, 2.75) is 38.8 Å². The second-order valence-corrected chi connectivity index (χ2v) is 8.00. The van der Waals surface area contributed by atoms with Crippen molar-refractivity contribution in [2.75, 3.05) is 27.9 Å². The summed E-state index contributed by atoms with van der Waals surface area (Å²) in [5.41, 5.74) is 3.06. The first kappa shape index (κ1) is 23.4. The van der Waals surface area contributed by atoms with E-state index in [1.54, 1.807) is 19.1 Å². The maximum Gasteiger partial charge on any atom is 0.328 e. The molecule has 1 aliphatic heterocycles. The Labute approximate surface area is 189 Å². The normalized spacial score (nSPS) is 17.0. The van der Waals surface area contributed by atoms with Gasteiger partial charge in [0.2, 0.25) is 0 Å². The van der Waals surface area contributed by atoms with E-state index in [1.165, 1.54) is 7.11 Å². The number of nitrogens with one attached hydrogen (secondary N) is 1. The molecule has 7 heteroatoms.